The molecule has 0 aliphatic carbocycles. The summed E-state index contributed by atoms with van der Waals surface area (Å²) in [7, 11) is 1.61. The van der Waals surface area contributed by atoms with E-state index in [0.29, 0.717) is 25.3 Å². The predicted octanol–water partition coefficient (Wildman–Crippen LogP) is 1.94. The van der Waals surface area contributed by atoms with Crippen LogP contribution in [0.1, 0.15) is 29.8 Å². The maximum Gasteiger partial charge on any atom is 0.227 e. The number of piperazine rings is 1. The molecule has 1 aliphatic rings. The van der Waals surface area contributed by atoms with E-state index in [9.17, 15) is 9.59 Å². The van der Waals surface area contributed by atoms with Crippen molar-refractivity contribution in [2.75, 3.05) is 26.7 Å². The number of amides is 2. The van der Waals surface area contributed by atoms with E-state index in [1.165, 1.54) is 0 Å². The van der Waals surface area contributed by atoms with Crippen molar-refractivity contribution < 1.29 is 14.3 Å². The largest absolute Gasteiger partial charge is 0.497 e. The molecule has 3 rings (SSSR count). The summed E-state index contributed by atoms with van der Waals surface area (Å²) >= 11 is 0. The van der Waals surface area contributed by atoms with Gasteiger partial charge in [0.25, 0.3) is 0 Å². The van der Waals surface area contributed by atoms with E-state index >= 15 is 0 Å². The van der Waals surface area contributed by atoms with Crippen molar-refractivity contribution in [1.82, 2.24) is 14.8 Å². The van der Waals surface area contributed by atoms with Gasteiger partial charge in [-0.15, -0.1) is 0 Å². The van der Waals surface area contributed by atoms with Crippen LogP contribution < -0.4 is 4.74 Å². The lowest BCUT2D eigenvalue weighted by Crippen LogP contribution is -2.52. The highest BCUT2D eigenvalue weighted by Gasteiger charge is 2.32. The molecule has 1 unspecified atom stereocenters. The maximum atomic E-state index is 12.8. The molecule has 2 heterocycles. The van der Waals surface area contributed by atoms with Crippen LogP contribution in [-0.4, -0.2) is 53.3 Å². The molecule has 2 aromatic rings. The highest BCUT2D eigenvalue weighted by molar-refractivity contribution is 5.80. The fraction of sp³-hybridized carbons (Fsp3) is 0.333. The number of pyridine rings is 1. The van der Waals surface area contributed by atoms with Gasteiger partial charge in [0.05, 0.1) is 19.6 Å². The second-order valence-corrected chi connectivity index (χ2v) is 6.68. The number of rotatable bonds is 4. The van der Waals surface area contributed by atoms with E-state index in [1.54, 1.807) is 42.2 Å². The molecule has 7 heteroatoms. The van der Waals surface area contributed by atoms with Crippen molar-refractivity contribution in [3.05, 3.63) is 59.4 Å². The molecule has 0 saturated carbocycles. The van der Waals surface area contributed by atoms with Crippen molar-refractivity contribution >= 4 is 11.8 Å². The van der Waals surface area contributed by atoms with Crippen LogP contribution in [0.4, 0.5) is 0 Å². The van der Waals surface area contributed by atoms with Crippen molar-refractivity contribution in [3.8, 4) is 11.8 Å². The second kappa shape index (κ2) is 8.53. The third-order valence-corrected chi connectivity index (χ3v) is 4.93. The summed E-state index contributed by atoms with van der Waals surface area (Å²) < 4.78 is 5.20. The lowest BCUT2D eigenvalue weighted by molar-refractivity contribution is -0.141. The van der Waals surface area contributed by atoms with E-state index in [-0.39, 0.29) is 24.3 Å². The molecule has 144 valence electrons. The first-order valence-electron chi connectivity index (χ1n) is 9.05. The highest BCUT2D eigenvalue weighted by Crippen LogP contribution is 2.27. The topological polar surface area (TPSA) is 86.5 Å². The fourth-order valence-electron chi connectivity index (χ4n) is 3.38. The molecule has 1 aromatic carbocycles. The standard InChI is InChI=1S/C21H22N4O3/c1-15(26)25-10-9-24(14-20(25)17-4-7-19(28-2)8-5-17)21(27)11-16-3-6-18(12-22)23-13-16/h3-8,13,20H,9-11,14H2,1-2H3. The fourth-order valence-corrected chi connectivity index (χ4v) is 3.38. The van der Waals surface area contributed by atoms with Crippen molar-refractivity contribution in [1.29, 1.82) is 5.26 Å². The van der Waals surface area contributed by atoms with Gasteiger partial charge in [0.15, 0.2) is 0 Å². The molecule has 0 N–H and O–H groups in total. The summed E-state index contributed by atoms with van der Waals surface area (Å²) in [5.74, 6) is 0.715. The first-order chi connectivity index (χ1) is 13.5. The molecule has 1 atom stereocenters. The van der Waals surface area contributed by atoms with Crippen LogP contribution in [-0.2, 0) is 16.0 Å². The minimum atomic E-state index is -0.194. The van der Waals surface area contributed by atoms with Gasteiger partial charge in [-0.05, 0) is 29.3 Å². The Morgan fingerprint density at radius 1 is 1.21 bits per heavy atom. The smallest absolute Gasteiger partial charge is 0.227 e. The van der Waals surface area contributed by atoms with Crippen LogP contribution in [0.15, 0.2) is 42.6 Å². The summed E-state index contributed by atoms with van der Waals surface area (Å²) in [5.41, 5.74) is 2.05. The average molecular weight is 378 g/mol. The number of nitriles is 1. The molecular formula is C21H22N4O3. The van der Waals surface area contributed by atoms with Gasteiger partial charge in [0, 0.05) is 32.8 Å². The molecule has 7 nitrogen and oxygen atoms in total. The Morgan fingerprint density at radius 2 is 1.96 bits per heavy atom. The van der Waals surface area contributed by atoms with Crippen LogP contribution in [0.2, 0.25) is 0 Å². The zero-order valence-electron chi connectivity index (χ0n) is 16.0. The molecule has 1 saturated heterocycles. The number of carbonyl (C=O) groups excluding carboxylic acids is 2. The molecule has 0 radical (unpaired) electrons. The molecule has 0 spiro atoms. The Morgan fingerprint density at radius 3 is 2.54 bits per heavy atom. The number of methoxy groups -OCH3 is 1. The number of hydrogen-bond donors (Lipinski definition) is 0. The average Bonchev–Trinajstić information content (AvgIpc) is 2.73. The Kier molecular flexibility index (Phi) is 5.90. The Labute approximate surface area is 164 Å². The Balaban J connectivity index is 1.74. The number of hydrogen-bond acceptors (Lipinski definition) is 5. The summed E-state index contributed by atoms with van der Waals surface area (Å²) in [6.07, 6.45) is 1.78. The molecule has 0 bridgehead atoms. The Hall–Kier alpha value is -3.40. The predicted molar refractivity (Wildman–Crippen MR) is 102 cm³/mol. The van der Waals surface area contributed by atoms with E-state index in [4.69, 9.17) is 10.00 Å². The van der Waals surface area contributed by atoms with Gasteiger partial charge in [-0.1, -0.05) is 18.2 Å². The van der Waals surface area contributed by atoms with Crippen LogP contribution in [0.3, 0.4) is 0 Å². The number of nitrogens with zero attached hydrogens (tertiary/aromatic N) is 4. The summed E-state index contributed by atoms with van der Waals surface area (Å²) in [4.78, 5) is 32.5. The first-order valence-corrected chi connectivity index (χ1v) is 9.05. The summed E-state index contributed by atoms with van der Waals surface area (Å²) in [6.45, 7) is 2.98. The number of aromatic nitrogens is 1. The second-order valence-electron chi connectivity index (χ2n) is 6.68. The monoisotopic (exact) mass is 378 g/mol. The van der Waals surface area contributed by atoms with Crippen LogP contribution >= 0.6 is 0 Å². The van der Waals surface area contributed by atoms with Crippen LogP contribution in [0.25, 0.3) is 0 Å². The molecule has 1 aliphatic heterocycles. The highest BCUT2D eigenvalue weighted by atomic mass is 16.5. The normalized spacial score (nSPS) is 16.4. The lowest BCUT2D eigenvalue weighted by atomic mass is 10.0. The number of ether oxygens (including phenoxy) is 1. The van der Waals surface area contributed by atoms with Crippen molar-refractivity contribution in [2.24, 2.45) is 0 Å². The molecular weight excluding hydrogens is 356 g/mol. The van der Waals surface area contributed by atoms with Gasteiger partial charge >= 0.3 is 0 Å². The van der Waals surface area contributed by atoms with E-state index in [0.717, 1.165) is 16.9 Å². The van der Waals surface area contributed by atoms with Crippen molar-refractivity contribution in [3.63, 3.8) is 0 Å². The van der Waals surface area contributed by atoms with Gasteiger partial charge in [-0.2, -0.15) is 5.26 Å². The number of benzene rings is 1. The zero-order chi connectivity index (χ0) is 20.1. The van der Waals surface area contributed by atoms with Crippen LogP contribution in [0.5, 0.6) is 5.75 Å². The van der Waals surface area contributed by atoms with E-state index in [1.807, 2.05) is 30.3 Å². The first kappa shape index (κ1) is 19.4. The quantitative estimate of drug-likeness (QED) is 0.811. The number of carbonyl (C=O) groups is 2. The van der Waals surface area contributed by atoms with E-state index < -0.39 is 0 Å². The van der Waals surface area contributed by atoms with Gasteiger partial charge < -0.3 is 14.5 Å². The molecule has 1 aromatic heterocycles. The Bertz CT molecular complexity index is 887. The van der Waals surface area contributed by atoms with Gasteiger partial charge in [-0.25, -0.2) is 4.98 Å². The molecule has 2 amide bonds. The van der Waals surface area contributed by atoms with Gasteiger partial charge in [0.2, 0.25) is 11.8 Å². The zero-order valence-corrected chi connectivity index (χ0v) is 16.0. The summed E-state index contributed by atoms with van der Waals surface area (Å²) in [6, 6.07) is 12.7. The third kappa shape index (κ3) is 4.29. The summed E-state index contributed by atoms with van der Waals surface area (Å²) in [5, 5.41) is 8.83. The maximum absolute atomic E-state index is 12.8. The molecule has 28 heavy (non-hydrogen) atoms. The minimum absolute atomic E-state index is 0.00999. The third-order valence-electron chi connectivity index (χ3n) is 4.93. The van der Waals surface area contributed by atoms with Crippen molar-refractivity contribution in [2.45, 2.75) is 19.4 Å². The minimum Gasteiger partial charge on any atom is -0.497 e. The molecule has 1 fully saturated rings. The van der Waals surface area contributed by atoms with E-state index in [2.05, 4.69) is 4.98 Å². The van der Waals surface area contributed by atoms with Gasteiger partial charge in [0.1, 0.15) is 17.5 Å². The lowest BCUT2D eigenvalue weighted by Gasteiger charge is -2.41. The van der Waals surface area contributed by atoms with Gasteiger partial charge in [-0.3, -0.25) is 9.59 Å². The van der Waals surface area contributed by atoms with Crippen LogP contribution in [0, 0.1) is 11.3 Å². The SMILES string of the molecule is COc1ccc(C2CN(C(=O)Cc3ccc(C#N)nc3)CCN2C(C)=O)cc1.